The standard InChI is InChI=1S/C38H39ClN4O2S.C2H6/c1-7-8-9-10-11-15-28-16-12-13-19-32(28)38(4,40-5)24-26(2)27(3)41-37-43-34(25-46-37)29-17-14-18-30(22-29)36(44)42-31-20-21-35(45-6)33(39)23-31;1-2/h7-14,16-23,25-26H,1,3,5,15,24H2,2,4,6H3,(H,41,43)(H,42,44);1-2H3/p+1/b9-8-,11-10-;. The van der Waals surface area contributed by atoms with Gasteiger partial charge >= 0.3 is 0 Å². The van der Waals surface area contributed by atoms with Crippen molar-refractivity contribution in [2.75, 3.05) is 17.7 Å². The molecule has 3 N–H and O–H groups in total. The molecule has 4 aromatic rings. The molecular weight excluding hydrogens is 636 g/mol. The summed E-state index contributed by atoms with van der Waals surface area (Å²) in [6, 6.07) is 20.9. The lowest BCUT2D eigenvalue weighted by Crippen LogP contribution is -2.80. The third-order valence-corrected chi connectivity index (χ3v) is 8.80. The van der Waals surface area contributed by atoms with Gasteiger partial charge in [-0.1, -0.05) is 112 Å². The molecule has 1 aromatic heterocycles. The fourth-order valence-electron chi connectivity index (χ4n) is 5.16. The van der Waals surface area contributed by atoms with Crippen LogP contribution in [0.2, 0.25) is 5.02 Å². The highest BCUT2D eigenvalue weighted by Gasteiger charge is 2.35. The van der Waals surface area contributed by atoms with E-state index in [1.807, 2.05) is 55.7 Å². The summed E-state index contributed by atoms with van der Waals surface area (Å²) in [5, 5.41) is 9.43. The van der Waals surface area contributed by atoms with E-state index in [9.17, 15) is 4.79 Å². The van der Waals surface area contributed by atoms with E-state index in [2.05, 4.69) is 79.7 Å². The molecule has 0 bridgehead atoms. The maximum Gasteiger partial charge on any atom is 0.255 e. The number of allylic oxidation sites excluding steroid dienone is 6. The number of benzene rings is 3. The first-order valence-corrected chi connectivity index (χ1v) is 17.2. The number of anilines is 2. The molecule has 48 heavy (non-hydrogen) atoms. The van der Waals surface area contributed by atoms with Crippen molar-refractivity contribution < 1.29 is 14.5 Å². The van der Waals surface area contributed by atoms with Crippen LogP contribution in [-0.2, 0) is 12.0 Å². The van der Waals surface area contributed by atoms with Crippen LogP contribution in [0.25, 0.3) is 11.3 Å². The van der Waals surface area contributed by atoms with Gasteiger partial charge in [0, 0.05) is 52.7 Å². The maximum atomic E-state index is 13.0. The van der Waals surface area contributed by atoms with Crippen LogP contribution in [0.3, 0.4) is 0 Å². The van der Waals surface area contributed by atoms with Gasteiger partial charge in [0.05, 0.1) is 17.8 Å². The van der Waals surface area contributed by atoms with Crippen molar-refractivity contribution in [3.8, 4) is 17.0 Å². The number of nitrogens with zero attached hydrogens (tertiary/aromatic N) is 1. The Bertz CT molecular complexity index is 1780. The van der Waals surface area contributed by atoms with Gasteiger partial charge in [0.2, 0.25) is 0 Å². The number of amides is 1. The molecule has 0 saturated heterocycles. The molecular formula is C40H46ClN4O2S+. The van der Waals surface area contributed by atoms with Gasteiger partial charge in [-0.15, -0.1) is 11.3 Å². The van der Waals surface area contributed by atoms with Crippen molar-refractivity contribution in [2.45, 2.75) is 46.1 Å². The van der Waals surface area contributed by atoms with Gasteiger partial charge < -0.3 is 15.4 Å². The van der Waals surface area contributed by atoms with E-state index in [0.717, 1.165) is 34.9 Å². The number of rotatable bonds is 15. The largest absolute Gasteiger partial charge is 0.495 e. The van der Waals surface area contributed by atoms with Gasteiger partial charge in [-0.25, -0.2) is 9.98 Å². The molecule has 250 valence electrons. The number of thiazole rings is 1. The SMILES string of the molecule is C=C/C=C\C=C/Cc1ccccc1C(C)(CC(C)C(=C)Nc1nc(-c2cccc(C(=O)Nc3ccc(OC)c(Cl)c3)c2)cs1)[NH+]=C.CC. The third kappa shape index (κ3) is 10.1. The molecule has 1 heterocycles. The van der Waals surface area contributed by atoms with E-state index >= 15 is 0 Å². The topological polar surface area (TPSA) is 77.2 Å². The number of hydrogen-bond acceptors (Lipinski definition) is 5. The van der Waals surface area contributed by atoms with Crippen LogP contribution in [0, 0.1) is 5.92 Å². The molecule has 8 heteroatoms. The fraction of sp³-hybridized carbons (Fsp3) is 0.225. The van der Waals surface area contributed by atoms with E-state index in [1.165, 1.54) is 22.5 Å². The van der Waals surface area contributed by atoms with Crippen molar-refractivity contribution in [3.63, 3.8) is 0 Å². The number of aromatic nitrogens is 1. The summed E-state index contributed by atoms with van der Waals surface area (Å²) in [5.41, 5.74) is 5.62. The average molecular weight is 682 g/mol. The summed E-state index contributed by atoms with van der Waals surface area (Å²) in [4.78, 5) is 21.1. The highest BCUT2D eigenvalue weighted by molar-refractivity contribution is 7.14. The molecule has 0 aliphatic rings. The number of nitrogens with one attached hydrogen (secondary N) is 3. The minimum absolute atomic E-state index is 0.101. The number of halogens is 1. The fourth-order valence-corrected chi connectivity index (χ4v) is 6.17. The van der Waals surface area contributed by atoms with Crippen molar-refractivity contribution in [3.05, 3.63) is 143 Å². The first kappa shape index (κ1) is 37.7. The Morgan fingerprint density at radius 1 is 1.08 bits per heavy atom. The monoisotopic (exact) mass is 681 g/mol. The lowest BCUT2D eigenvalue weighted by Gasteiger charge is -2.27. The normalized spacial score (nSPS) is 12.8. The number of hydrogen-bond donors (Lipinski definition) is 3. The van der Waals surface area contributed by atoms with Crippen LogP contribution in [0.1, 0.15) is 55.6 Å². The highest BCUT2D eigenvalue weighted by atomic mass is 35.5. The molecule has 3 aromatic carbocycles. The summed E-state index contributed by atoms with van der Waals surface area (Å²) in [6.45, 7) is 20.5. The molecule has 0 aliphatic heterocycles. The van der Waals surface area contributed by atoms with Crippen LogP contribution in [0.4, 0.5) is 10.8 Å². The minimum Gasteiger partial charge on any atom is -0.495 e. The van der Waals surface area contributed by atoms with E-state index in [1.54, 1.807) is 37.5 Å². The summed E-state index contributed by atoms with van der Waals surface area (Å²) in [7, 11) is 1.55. The zero-order chi connectivity index (χ0) is 35.1. The van der Waals surface area contributed by atoms with Crippen molar-refractivity contribution in [2.24, 2.45) is 5.92 Å². The van der Waals surface area contributed by atoms with Gasteiger partial charge in [-0.3, -0.25) is 4.79 Å². The Morgan fingerprint density at radius 3 is 2.56 bits per heavy atom. The quantitative estimate of drug-likeness (QED) is 0.0864. The van der Waals surface area contributed by atoms with Gasteiger partial charge in [0.15, 0.2) is 10.7 Å². The van der Waals surface area contributed by atoms with Gasteiger partial charge in [-0.2, -0.15) is 0 Å². The van der Waals surface area contributed by atoms with Crippen LogP contribution < -0.4 is 20.4 Å². The minimum atomic E-state index is -0.377. The first-order valence-electron chi connectivity index (χ1n) is 15.9. The number of ether oxygens (including phenoxy) is 1. The van der Waals surface area contributed by atoms with E-state index in [4.69, 9.17) is 21.3 Å². The molecule has 1 amide bonds. The van der Waals surface area contributed by atoms with Crippen LogP contribution in [0.5, 0.6) is 5.75 Å². The second-order valence-electron chi connectivity index (χ2n) is 11.1. The van der Waals surface area contributed by atoms with Crippen molar-refractivity contribution in [1.82, 2.24) is 4.98 Å². The Hall–Kier alpha value is -4.72. The molecule has 6 nitrogen and oxygen atoms in total. The van der Waals surface area contributed by atoms with Crippen molar-refractivity contribution >= 4 is 46.4 Å². The van der Waals surface area contributed by atoms with Crippen LogP contribution in [0.15, 0.2) is 121 Å². The Balaban J connectivity index is 0.00000307. The average Bonchev–Trinajstić information content (AvgIpc) is 3.57. The molecule has 4 rings (SSSR count). The smallest absolute Gasteiger partial charge is 0.255 e. The molecule has 0 spiro atoms. The molecule has 0 saturated carbocycles. The van der Waals surface area contributed by atoms with E-state index < -0.39 is 0 Å². The van der Waals surface area contributed by atoms with Crippen LogP contribution >= 0.6 is 22.9 Å². The summed E-state index contributed by atoms with van der Waals surface area (Å²) in [6.07, 6.45) is 11.4. The van der Waals surface area contributed by atoms with Crippen molar-refractivity contribution in [1.29, 1.82) is 0 Å². The lowest BCUT2D eigenvalue weighted by molar-refractivity contribution is -0.554. The molecule has 0 aliphatic carbocycles. The van der Waals surface area contributed by atoms with Crippen LogP contribution in [-0.4, -0.2) is 24.7 Å². The molecule has 2 unspecified atom stereocenters. The lowest BCUT2D eigenvalue weighted by atomic mass is 9.80. The molecule has 0 radical (unpaired) electrons. The number of methoxy groups -OCH3 is 1. The molecule has 2 atom stereocenters. The predicted molar refractivity (Wildman–Crippen MR) is 205 cm³/mol. The highest BCUT2D eigenvalue weighted by Crippen LogP contribution is 2.32. The Kier molecular flexibility index (Phi) is 14.6. The summed E-state index contributed by atoms with van der Waals surface area (Å²) < 4.78 is 5.19. The molecule has 0 fully saturated rings. The van der Waals surface area contributed by atoms with E-state index in [0.29, 0.717) is 22.0 Å². The van der Waals surface area contributed by atoms with Gasteiger partial charge in [0.1, 0.15) is 12.5 Å². The number of carbonyl (C=O) groups excluding carboxylic acids is 1. The zero-order valence-electron chi connectivity index (χ0n) is 28.5. The Morgan fingerprint density at radius 2 is 1.85 bits per heavy atom. The maximum absolute atomic E-state index is 13.0. The number of carbonyl (C=O) groups is 1. The third-order valence-electron chi connectivity index (χ3n) is 7.75. The Labute approximate surface area is 294 Å². The summed E-state index contributed by atoms with van der Waals surface area (Å²) in [5.74, 6) is 0.397. The second kappa shape index (κ2) is 18.6. The second-order valence-corrected chi connectivity index (χ2v) is 12.4. The summed E-state index contributed by atoms with van der Waals surface area (Å²) >= 11 is 7.71. The zero-order valence-corrected chi connectivity index (χ0v) is 30.1. The van der Waals surface area contributed by atoms with E-state index in [-0.39, 0.29) is 17.4 Å². The first-order chi connectivity index (χ1) is 23.2. The van der Waals surface area contributed by atoms with Gasteiger partial charge in [0.25, 0.3) is 5.91 Å². The predicted octanol–water partition coefficient (Wildman–Crippen LogP) is 9.24. The van der Waals surface area contributed by atoms with Gasteiger partial charge in [-0.05, 0) is 42.3 Å².